The fourth-order valence-electron chi connectivity index (χ4n) is 5.38. The Hall–Kier alpha value is -7.52. The molecule has 3 heterocycles. The number of benzene rings is 4. The normalized spacial score (nSPS) is 13.2. The number of carbonyl (C=O) groups excluding carboxylic acids is 2. The van der Waals surface area contributed by atoms with Gasteiger partial charge in [-0.25, -0.2) is 4.79 Å². The summed E-state index contributed by atoms with van der Waals surface area (Å²) in [6.45, 7) is 1.18. The molecule has 0 spiro atoms. The summed E-state index contributed by atoms with van der Waals surface area (Å²) in [7, 11) is 0. The standard InChI is InChI=1S/C22H16AsN2O6.C18H11N3O5/c24-11-13-5-6-17(16(9-13)22(27)28)23-21(26)18-10-20(31-25-18)15-3-1-2-4-19(15)30-14-7-8-29-12-14;19-9-10-5-6-13(12(7-10)18(24)25)20-17(23)14-8-16(26-21-14)11-3-1-2-4-15(11)22/h1-6,9-10,14H,7-8,12H2,(H,27,28);1-8,22H,(H,20,23)(H,24,25). The van der Waals surface area contributed by atoms with Gasteiger partial charge in [0.1, 0.15) is 5.75 Å². The van der Waals surface area contributed by atoms with Gasteiger partial charge in [-0.15, -0.1) is 0 Å². The molecule has 17 heteroatoms. The Kier molecular flexibility index (Phi) is 12.2. The number of ether oxygens (including phenoxy) is 2. The first kappa shape index (κ1) is 39.2. The number of para-hydroxylation sites is 2. The molecule has 2 aromatic heterocycles. The second-order valence-corrected chi connectivity index (χ2v) is 14.3. The number of anilines is 1. The second-order valence-electron chi connectivity index (χ2n) is 12.0. The van der Waals surface area contributed by atoms with Crippen LogP contribution in [0.25, 0.3) is 22.6 Å². The van der Waals surface area contributed by atoms with Crippen LogP contribution in [-0.2, 0) is 4.74 Å². The van der Waals surface area contributed by atoms with Crippen molar-refractivity contribution >= 4 is 48.2 Å². The number of carbonyl (C=O) groups is 4. The van der Waals surface area contributed by atoms with Gasteiger partial charge in [-0.2, -0.15) is 5.26 Å². The fourth-order valence-corrected chi connectivity index (χ4v) is 7.20. The van der Waals surface area contributed by atoms with Crippen LogP contribution < -0.4 is 14.4 Å². The van der Waals surface area contributed by atoms with Gasteiger partial charge >= 0.3 is 190 Å². The molecule has 1 aliphatic rings. The molecule has 4 aromatic carbocycles. The molecule has 1 atom stereocenters. The van der Waals surface area contributed by atoms with Crippen molar-refractivity contribution in [2.45, 2.75) is 12.5 Å². The SMILES string of the molecule is N#Cc1ccc(NC(=O)c2cc(-c3ccccc3O)on2)c(C(=O)O)c1.N#Cc1ccc([As]C(=O)c2cc(-c3ccccc3OC3CCOC3)on2)c(C(=O)O)c1. The minimum atomic E-state index is -1.28. The molecule has 1 unspecified atom stereocenters. The quantitative estimate of drug-likeness (QED) is 0.124. The number of aromatic hydroxyl groups is 1. The molecule has 4 N–H and O–H groups in total. The van der Waals surface area contributed by atoms with Crippen molar-refractivity contribution in [3.8, 4) is 46.3 Å². The van der Waals surface area contributed by atoms with Crippen molar-refractivity contribution in [1.29, 1.82) is 10.5 Å². The van der Waals surface area contributed by atoms with Gasteiger partial charge in [0.25, 0.3) is 5.91 Å². The zero-order valence-electron chi connectivity index (χ0n) is 29.3. The first-order valence-corrected chi connectivity index (χ1v) is 18.6. The first-order valence-electron chi connectivity index (χ1n) is 16.7. The number of phenolic OH excluding ortho intramolecular Hbond substituents is 1. The number of hydrogen-bond acceptors (Lipinski definition) is 13. The second kappa shape index (κ2) is 17.7. The summed E-state index contributed by atoms with van der Waals surface area (Å²) in [4.78, 5) is 47.9. The Balaban J connectivity index is 0.000000196. The average molecular weight is 829 g/mol. The molecule has 57 heavy (non-hydrogen) atoms. The van der Waals surface area contributed by atoms with Gasteiger partial charge in [0.05, 0.1) is 28.4 Å². The molecule has 16 nitrogen and oxygen atoms in total. The number of nitriles is 2. The van der Waals surface area contributed by atoms with Crippen LogP contribution in [0.3, 0.4) is 0 Å². The van der Waals surface area contributed by atoms with Gasteiger partial charge in [0.2, 0.25) is 0 Å². The average Bonchev–Trinajstić information content (AvgIpc) is 4.02. The molecular formula is C40H27AsN5O11. The third kappa shape index (κ3) is 9.41. The summed E-state index contributed by atoms with van der Waals surface area (Å²) in [6.07, 6.45) is 0.760. The Labute approximate surface area is 329 Å². The third-order valence-corrected chi connectivity index (χ3v) is 10.4. The van der Waals surface area contributed by atoms with E-state index in [1.54, 1.807) is 18.2 Å². The summed E-state index contributed by atoms with van der Waals surface area (Å²) < 4.78 is 21.9. The van der Waals surface area contributed by atoms with E-state index in [0.717, 1.165) is 12.5 Å². The molecule has 6 aromatic rings. The molecule has 0 aliphatic carbocycles. The third-order valence-electron chi connectivity index (χ3n) is 8.18. The zero-order chi connectivity index (χ0) is 40.5. The van der Waals surface area contributed by atoms with E-state index in [1.807, 2.05) is 36.4 Å². The van der Waals surface area contributed by atoms with E-state index >= 15 is 0 Å². The van der Waals surface area contributed by atoms with Crippen LogP contribution in [0.2, 0.25) is 0 Å². The van der Waals surface area contributed by atoms with Crippen molar-refractivity contribution in [2.75, 3.05) is 18.5 Å². The van der Waals surface area contributed by atoms with E-state index in [4.69, 9.17) is 29.0 Å². The summed E-state index contributed by atoms with van der Waals surface area (Å²) in [5.74, 6) is -2.01. The van der Waals surface area contributed by atoms with Crippen molar-refractivity contribution in [1.82, 2.24) is 10.3 Å². The monoisotopic (exact) mass is 828 g/mol. The predicted molar refractivity (Wildman–Crippen MR) is 199 cm³/mol. The van der Waals surface area contributed by atoms with Gasteiger partial charge in [0, 0.05) is 6.07 Å². The molecule has 0 saturated carbocycles. The topological polar surface area (TPSA) is 259 Å². The van der Waals surface area contributed by atoms with Gasteiger partial charge in [0.15, 0.2) is 11.5 Å². The molecule has 283 valence electrons. The number of rotatable bonds is 11. The fraction of sp³-hybridized carbons (Fsp3) is 0.100. The van der Waals surface area contributed by atoms with Crippen LogP contribution in [0.15, 0.2) is 106 Å². The predicted octanol–water partition coefficient (Wildman–Crippen LogP) is 5.12. The number of amides is 1. The zero-order valence-corrected chi connectivity index (χ0v) is 31.2. The van der Waals surface area contributed by atoms with Crippen LogP contribution in [0.1, 0.15) is 59.2 Å². The maximum atomic E-state index is 12.8. The van der Waals surface area contributed by atoms with Crippen LogP contribution in [0.5, 0.6) is 11.5 Å². The first-order chi connectivity index (χ1) is 27.5. The van der Waals surface area contributed by atoms with Crippen molar-refractivity contribution in [2.24, 2.45) is 0 Å². The molecule has 1 amide bonds. The number of aromatic nitrogens is 2. The number of nitrogens with one attached hydrogen (secondary N) is 1. The number of hydrogen-bond donors (Lipinski definition) is 4. The van der Waals surface area contributed by atoms with Crippen molar-refractivity contribution in [3.63, 3.8) is 0 Å². The van der Waals surface area contributed by atoms with E-state index in [-0.39, 0.29) is 61.5 Å². The number of carboxylic acids is 2. The molecule has 1 saturated heterocycles. The van der Waals surface area contributed by atoms with Crippen LogP contribution in [-0.4, -0.2) is 83.1 Å². The Morgan fingerprint density at radius 1 is 0.772 bits per heavy atom. The molecule has 1 fully saturated rings. The minimum absolute atomic E-state index is 0.0219. The van der Waals surface area contributed by atoms with E-state index in [1.165, 1.54) is 48.5 Å². The van der Waals surface area contributed by atoms with E-state index in [2.05, 4.69) is 15.6 Å². The maximum absolute atomic E-state index is 12.8. The summed E-state index contributed by atoms with van der Waals surface area (Å²) in [5, 5.41) is 56.2. The van der Waals surface area contributed by atoms with E-state index in [9.17, 15) is 34.5 Å². The number of aromatic carboxylic acids is 2. The number of carboxylic acid groups (broad SMARTS) is 2. The molecule has 7 rings (SSSR count). The summed E-state index contributed by atoms with van der Waals surface area (Å²) in [6, 6.07) is 28.5. The van der Waals surface area contributed by atoms with Crippen LogP contribution in [0.4, 0.5) is 5.69 Å². The van der Waals surface area contributed by atoms with Gasteiger partial charge in [-0.1, -0.05) is 17.3 Å². The molecule has 1 radical (unpaired) electrons. The van der Waals surface area contributed by atoms with E-state index in [0.29, 0.717) is 40.2 Å². The van der Waals surface area contributed by atoms with Crippen LogP contribution in [0, 0.1) is 22.7 Å². The van der Waals surface area contributed by atoms with E-state index < -0.39 is 33.6 Å². The summed E-state index contributed by atoms with van der Waals surface area (Å²) in [5.41, 5.74) is 1.19. The Bertz CT molecular complexity index is 2580. The van der Waals surface area contributed by atoms with Crippen molar-refractivity contribution in [3.05, 3.63) is 131 Å². The van der Waals surface area contributed by atoms with Gasteiger partial charge in [-0.3, -0.25) is 4.79 Å². The molecule has 0 bridgehead atoms. The van der Waals surface area contributed by atoms with Crippen molar-refractivity contribution < 1.29 is 53.0 Å². The number of nitrogens with zero attached hydrogens (tertiary/aromatic N) is 4. The molecular weight excluding hydrogens is 801 g/mol. The Morgan fingerprint density at radius 2 is 1.39 bits per heavy atom. The Morgan fingerprint density at radius 3 is 2.05 bits per heavy atom. The van der Waals surface area contributed by atoms with Crippen LogP contribution >= 0.6 is 0 Å². The summed E-state index contributed by atoms with van der Waals surface area (Å²) >= 11 is -1.19. The van der Waals surface area contributed by atoms with Gasteiger partial charge in [-0.05, 0) is 30.3 Å². The molecule has 1 aliphatic heterocycles. The number of phenols is 1. The van der Waals surface area contributed by atoms with Gasteiger partial charge < -0.3 is 20.1 Å².